The van der Waals surface area contributed by atoms with Crippen LogP contribution in [-0.2, 0) is 11.0 Å². The van der Waals surface area contributed by atoms with Crippen molar-refractivity contribution in [1.29, 1.82) is 0 Å². The minimum absolute atomic E-state index is 0.0158. The topological polar surface area (TPSA) is 99.3 Å². The lowest BCUT2D eigenvalue weighted by molar-refractivity contribution is -0.137. The number of unbranched alkanes of at least 4 members (excludes halogenated alkanes) is 1. The molecule has 0 spiro atoms. The van der Waals surface area contributed by atoms with Crippen molar-refractivity contribution in [2.75, 3.05) is 29.0 Å². The van der Waals surface area contributed by atoms with E-state index in [0.717, 1.165) is 25.0 Å². The molecule has 0 heterocycles. The van der Waals surface area contributed by atoms with Gasteiger partial charge in [-0.05, 0) is 67.1 Å². The molecular weight excluding hydrogens is 485 g/mol. The number of hydrogen-bond donors (Lipinski definition) is 4. The standard InChI is InChI=1S/C27H27F3N4O3/c1-2-3-14-31-25(36)18-10-12-21(13-11-18)33-24(35)17-32-22-8-4-6-19(15-22)26(37)34-23-9-5-7-20(16-23)27(28,29)30/h4-13,15-16,32H,2-3,14,17H2,1H3,(H,31,36)(H,33,35)(H,34,37). The maximum Gasteiger partial charge on any atom is 0.416 e. The molecule has 0 saturated carbocycles. The van der Waals surface area contributed by atoms with Gasteiger partial charge in [0.2, 0.25) is 5.91 Å². The van der Waals surface area contributed by atoms with Crippen LogP contribution in [0.5, 0.6) is 0 Å². The number of hydrogen-bond acceptors (Lipinski definition) is 4. The Balaban J connectivity index is 1.52. The van der Waals surface area contributed by atoms with E-state index in [1.165, 1.54) is 24.3 Å². The molecule has 0 saturated heterocycles. The van der Waals surface area contributed by atoms with Crippen molar-refractivity contribution in [3.8, 4) is 0 Å². The lowest BCUT2D eigenvalue weighted by Gasteiger charge is -2.11. The molecule has 0 bridgehead atoms. The van der Waals surface area contributed by atoms with E-state index in [2.05, 4.69) is 21.3 Å². The number of carbonyl (C=O) groups is 3. The maximum absolute atomic E-state index is 12.9. The zero-order chi connectivity index (χ0) is 26.8. The second-order valence-corrected chi connectivity index (χ2v) is 8.20. The molecule has 0 fully saturated rings. The van der Waals surface area contributed by atoms with Crippen molar-refractivity contribution in [2.45, 2.75) is 25.9 Å². The van der Waals surface area contributed by atoms with Crippen molar-refractivity contribution in [2.24, 2.45) is 0 Å². The second kappa shape index (κ2) is 12.6. The van der Waals surface area contributed by atoms with Crippen LogP contribution in [-0.4, -0.2) is 30.8 Å². The summed E-state index contributed by atoms with van der Waals surface area (Å²) in [7, 11) is 0. The third-order valence-electron chi connectivity index (χ3n) is 5.27. The predicted molar refractivity (Wildman–Crippen MR) is 137 cm³/mol. The maximum atomic E-state index is 12.9. The second-order valence-electron chi connectivity index (χ2n) is 8.20. The quantitative estimate of drug-likeness (QED) is 0.268. The van der Waals surface area contributed by atoms with Gasteiger partial charge in [0, 0.05) is 34.7 Å². The van der Waals surface area contributed by atoms with E-state index >= 15 is 0 Å². The normalized spacial score (nSPS) is 10.9. The number of carbonyl (C=O) groups excluding carboxylic acids is 3. The molecule has 3 amide bonds. The molecule has 3 aromatic carbocycles. The summed E-state index contributed by atoms with van der Waals surface area (Å²) < 4.78 is 38.7. The Morgan fingerprint density at radius 3 is 2.16 bits per heavy atom. The summed E-state index contributed by atoms with van der Waals surface area (Å²) in [6, 6.07) is 17.1. The summed E-state index contributed by atoms with van der Waals surface area (Å²) >= 11 is 0. The highest BCUT2D eigenvalue weighted by atomic mass is 19.4. The fraction of sp³-hybridized carbons (Fsp3) is 0.222. The number of halogens is 3. The summed E-state index contributed by atoms with van der Waals surface area (Å²) in [4.78, 5) is 36.9. The van der Waals surface area contributed by atoms with Crippen LogP contribution >= 0.6 is 0 Å². The Morgan fingerprint density at radius 1 is 0.757 bits per heavy atom. The van der Waals surface area contributed by atoms with Gasteiger partial charge >= 0.3 is 6.18 Å². The van der Waals surface area contributed by atoms with E-state index in [0.29, 0.717) is 23.5 Å². The number of nitrogens with one attached hydrogen (secondary N) is 4. The first-order chi connectivity index (χ1) is 17.7. The van der Waals surface area contributed by atoms with Gasteiger partial charge in [-0.3, -0.25) is 14.4 Å². The molecule has 0 aliphatic heterocycles. The number of benzene rings is 3. The smallest absolute Gasteiger partial charge is 0.376 e. The number of alkyl halides is 3. The van der Waals surface area contributed by atoms with Crippen LogP contribution in [0.25, 0.3) is 0 Å². The third kappa shape index (κ3) is 8.38. The van der Waals surface area contributed by atoms with Crippen LogP contribution in [0.2, 0.25) is 0 Å². The zero-order valence-electron chi connectivity index (χ0n) is 20.1. The van der Waals surface area contributed by atoms with Gasteiger partial charge in [-0.15, -0.1) is 0 Å². The minimum atomic E-state index is -4.52. The first-order valence-corrected chi connectivity index (χ1v) is 11.7. The van der Waals surface area contributed by atoms with Crippen molar-refractivity contribution in [1.82, 2.24) is 5.32 Å². The molecule has 0 radical (unpaired) electrons. The lowest BCUT2D eigenvalue weighted by atomic mass is 10.1. The highest BCUT2D eigenvalue weighted by Gasteiger charge is 2.30. The SMILES string of the molecule is CCCCNC(=O)c1ccc(NC(=O)CNc2cccc(C(=O)Nc3cccc(C(F)(F)F)c3)c2)cc1. The minimum Gasteiger partial charge on any atom is -0.376 e. The summed E-state index contributed by atoms with van der Waals surface area (Å²) in [6.45, 7) is 2.54. The Labute approximate surface area is 212 Å². The summed E-state index contributed by atoms with van der Waals surface area (Å²) in [5.74, 6) is -1.12. The monoisotopic (exact) mass is 512 g/mol. The van der Waals surface area contributed by atoms with Crippen molar-refractivity contribution >= 4 is 34.8 Å². The molecule has 194 valence electrons. The van der Waals surface area contributed by atoms with Gasteiger partial charge < -0.3 is 21.3 Å². The van der Waals surface area contributed by atoms with Crippen LogP contribution in [0, 0.1) is 0 Å². The van der Waals surface area contributed by atoms with Crippen LogP contribution in [0.1, 0.15) is 46.0 Å². The van der Waals surface area contributed by atoms with E-state index in [4.69, 9.17) is 0 Å². The molecule has 7 nitrogen and oxygen atoms in total. The van der Waals surface area contributed by atoms with Crippen molar-refractivity contribution < 1.29 is 27.6 Å². The van der Waals surface area contributed by atoms with Gasteiger partial charge in [0.15, 0.2) is 0 Å². The Kier molecular flexibility index (Phi) is 9.26. The molecular formula is C27H27F3N4O3. The third-order valence-corrected chi connectivity index (χ3v) is 5.27. The highest BCUT2D eigenvalue weighted by molar-refractivity contribution is 6.05. The van der Waals surface area contributed by atoms with Gasteiger partial charge in [0.1, 0.15) is 0 Å². The van der Waals surface area contributed by atoms with Gasteiger partial charge in [0.25, 0.3) is 11.8 Å². The highest BCUT2D eigenvalue weighted by Crippen LogP contribution is 2.30. The Bertz CT molecular complexity index is 1240. The van der Waals surface area contributed by atoms with Gasteiger partial charge in [-0.25, -0.2) is 0 Å². The average Bonchev–Trinajstić information content (AvgIpc) is 2.88. The molecule has 10 heteroatoms. The van der Waals surface area contributed by atoms with Crippen molar-refractivity contribution in [3.63, 3.8) is 0 Å². The first-order valence-electron chi connectivity index (χ1n) is 11.7. The zero-order valence-corrected chi connectivity index (χ0v) is 20.1. The molecule has 0 aromatic heterocycles. The van der Waals surface area contributed by atoms with E-state index in [9.17, 15) is 27.6 Å². The van der Waals surface area contributed by atoms with Gasteiger partial charge in [-0.1, -0.05) is 25.5 Å². The summed E-state index contributed by atoms with van der Waals surface area (Å²) in [5, 5.41) is 10.9. The van der Waals surface area contributed by atoms with Gasteiger partial charge in [-0.2, -0.15) is 13.2 Å². The van der Waals surface area contributed by atoms with E-state index in [1.54, 1.807) is 36.4 Å². The number of amides is 3. The van der Waals surface area contributed by atoms with Crippen molar-refractivity contribution in [3.05, 3.63) is 89.5 Å². The van der Waals surface area contributed by atoms with E-state index < -0.39 is 17.6 Å². The Morgan fingerprint density at radius 2 is 1.46 bits per heavy atom. The fourth-order valence-corrected chi connectivity index (χ4v) is 3.32. The number of rotatable bonds is 10. The largest absolute Gasteiger partial charge is 0.416 e. The molecule has 37 heavy (non-hydrogen) atoms. The molecule has 3 aromatic rings. The van der Waals surface area contributed by atoms with Crippen LogP contribution < -0.4 is 21.3 Å². The number of anilines is 3. The summed E-state index contributed by atoms with van der Waals surface area (Å²) in [6.07, 6.45) is -2.64. The molecule has 3 rings (SSSR count). The first kappa shape index (κ1) is 27.3. The van der Waals surface area contributed by atoms with Crippen LogP contribution in [0.3, 0.4) is 0 Å². The van der Waals surface area contributed by atoms with Crippen LogP contribution in [0.15, 0.2) is 72.8 Å². The molecule has 0 unspecified atom stereocenters. The fourth-order valence-electron chi connectivity index (χ4n) is 3.32. The predicted octanol–water partition coefficient (Wildman–Crippen LogP) is 5.54. The average molecular weight is 513 g/mol. The van der Waals surface area contributed by atoms with Crippen LogP contribution in [0.4, 0.5) is 30.2 Å². The molecule has 0 aliphatic carbocycles. The summed E-state index contributed by atoms with van der Waals surface area (Å²) in [5.41, 5.74) is 0.846. The lowest BCUT2D eigenvalue weighted by Crippen LogP contribution is -2.24. The molecule has 4 N–H and O–H groups in total. The Hall–Kier alpha value is -4.34. The molecule has 0 atom stereocenters. The van der Waals surface area contributed by atoms with Gasteiger partial charge in [0.05, 0.1) is 12.1 Å². The van der Waals surface area contributed by atoms with E-state index in [1.807, 2.05) is 6.92 Å². The molecule has 0 aliphatic rings. The van der Waals surface area contributed by atoms with E-state index in [-0.39, 0.29) is 29.6 Å².